The molecule has 0 saturated carbocycles. The molecular weight excluding hydrogens is 430 g/mol. The first-order valence-electron chi connectivity index (χ1n) is 11.7. The van der Waals surface area contributed by atoms with Gasteiger partial charge in [0.05, 0.1) is 16.5 Å². The van der Waals surface area contributed by atoms with Crippen LogP contribution in [0.1, 0.15) is 62.6 Å². The number of thioether (sulfide) groups is 2. The lowest BCUT2D eigenvalue weighted by atomic mass is 9.87. The molecule has 3 heterocycles. The lowest BCUT2D eigenvalue weighted by Gasteiger charge is -2.26. The van der Waals surface area contributed by atoms with Gasteiger partial charge in [0.2, 0.25) is 0 Å². The molecule has 0 radical (unpaired) electrons. The topological polar surface area (TPSA) is 38.1 Å². The van der Waals surface area contributed by atoms with Crippen LogP contribution in [0.25, 0.3) is 10.8 Å². The molecule has 5 heteroatoms. The summed E-state index contributed by atoms with van der Waals surface area (Å²) in [5.74, 6) is 1.28. The number of fused-ring (bicyclic) bond motifs is 5. The van der Waals surface area contributed by atoms with E-state index in [0.717, 1.165) is 17.2 Å². The van der Waals surface area contributed by atoms with E-state index in [1.165, 1.54) is 64.7 Å². The molecule has 0 unspecified atom stereocenters. The van der Waals surface area contributed by atoms with Gasteiger partial charge in [-0.2, -0.15) is 0 Å². The largest absolute Gasteiger partial charge is 0.274 e. The molecule has 0 amide bonds. The average molecular weight is 458 g/mol. The number of dihydropyridines is 1. The Morgan fingerprint density at radius 3 is 2.88 bits per heavy atom. The van der Waals surface area contributed by atoms with Gasteiger partial charge in [0.15, 0.2) is 0 Å². The number of aromatic nitrogens is 2. The third-order valence-electron chi connectivity index (χ3n) is 6.84. The molecule has 1 aromatic heterocycles. The number of hydrogen-bond donors (Lipinski definition) is 0. The van der Waals surface area contributed by atoms with E-state index in [-0.39, 0.29) is 5.37 Å². The van der Waals surface area contributed by atoms with Crippen molar-refractivity contribution in [1.29, 1.82) is 0 Å². The predicted octanol–water partition coefficient (Wildman–Crippen LogP) is 7.56. The Morgan fingerprint density at radius 2 is 1.97 bits per heavy atom. The number of allylic oxidation sites excluding steroid dienone is 1. The van der Waals surface area contributed by atoms with E-state index in [2.05, 4.69) is 49.4 Å². The van der Waals surface area contributed by atoms with Crippen molar-refractivity contribution in [3.05, 3.63) is 71.2 Å². The zero-order chi connectivity index (χ0) is 21.5. The van der Waals surface area contributed by atoms with E-state index in [9.17, 15) is 0 Å². The molecule has 3 aromatic rings. The molecule has 0 fully saturated rings. The van der Waals surface area contributed by atoms with E-state index < -0.39 is 0 Å². The van der Waals surface area contributed by atoms with E-state index in [1.807, 2.05) is 23.5 Å². The summed E-state index contributed by atoms with van der Waals surface area (Å²) >= 11 is 3.74. The monoisotopic (exact) mass is 457 g/mol. The van der Waals surface area contributed by atoms with Gasteiger partial charge in [-0.3, -0.25) is 4.99 Å². The normalized spacial score (nSPS) is 21.5. The van der Waals surface area contributed by atoms with Crippen molar-refractivity contribution >= 4 is 40.0 Å². The molecule has 2 aromatic carbocycles. The highest BCUT2D eigenvalue weighted by Crippen LogP contribution is 2.56. The summed E-state index contributed by atoms with van der Waals surface area (Å²) in [6.07, 6.45) is 9.05. The van der Waals surface area contributed by atoms with Crippen LogP contribution >= 0.6 is 23.5 Å². The highest BCUT2D eigenvalue weighted by atomic mass is 32.2. The Hall–Kier alpha value is -2.11. The van der Waals surface area contributed by atoms with Crippen molar-refractivity contribution in [3.63, 3.8) is 0 Å². The fraction of sp³-hybridized carbons (Fsp3) is 0.370. The highest BCUT2D eigenvalue weighted by molar-refractivity contribution is 8.02. The van der Waals surface area contributed by atoms with Crippen molar-refractivity contribution in [2.45, 2.75) is 72.4 Å². The molecule has 2 atom stereocenters. The number of benzene rings is 2. The first-order chi connectivity index (χ1) is 15.8. The Kier molecular flexibility index (Phi) is 5.56. The maximum absolute atomic E-state index is 5.28. The van der Waals surface area contributed by atoms with E-state index in [1.54, 1.807) is 17.5 Å². The van der Waals surface area contributed by atoms with E-state index in [0.29, 0.717) is 5.92 Å². The molecular formula is C27H27N3S2. The van der Waals surface area contributed by atoms with Crippen molar-refractivity contribution < 1.29 is 0 Å². The Labute approximate surface area is 198 Å². The minimum atomic E-state index is 0.255. The molecule has 0 saturated heterocycles. The van der Waals surface area contributed by atoms with Gasteiger partial charge >= 0.3 is 0 Å². The smallest absolute Gasteiger partial charge is 0.117 e. The first-order valence-corrected chi connectivity index (χ1v) is 13.6. The van der Waals surface area contributed by atoms with Crippen molar-refractivity contribution in [2.75, 3.05) is 0 Å². The summed E-state index contributed by atoms with van der Waals surface area (Å²) in [5.41, 5.74) is 7.15. The van der Waals surface area contributed by atoms with Gasteiger partial charge in [-0.25, -0.2) is 9.97 Å². The Bertz CT molecular complexity index is 1250. The van der Waals surface area contributed by atoms with E-state index >= 15 is 0 Å². The third-order valence-corrected chi connectivity index (χ3v) is 9.29. The van der Waals surface area contributed by atoms with Gasteiger partial charge in [-0.1, -0.05) is 73.1 Å². The van der Waals surface area contributed by atoms with Crippen LogP contribution in [-0.4, -0.2) is 21.1 Å². The minimum absolute atomic E-state index is 0.255. The Balaban J connectivity index is 1.28. The number of rotatable bonds is 6. The summed E-state index contributed by atoms with van der Waals surface area (Å²) in [6.45, 7) is 2.27. The maximum atomic E-state index is 5.28. The zero-order valence-corrected chi connectivity index (χ0v) is 20.0. The van der Waals surface area contributed by atoms with Gasteiger partial charge in [0, 0.05) is 11.5 Å². The van der Waals surface area contributed by atoms with E-state index in [4.69, 9.17) is 15.0 Å². The van der Waals surface area contributed by atoms with Crippen LogP contribution in [-0.2, 0) is 5.75 Å². The molecule has 6 rings (SSSR count). The first kappa shape index (κ1) is 20.5. The SMILES string of the molecule is CCCCC1=N[C@H]2Sc3c(SCc4ccc5ccccc5c4)ncnc3[C@H]2C2=C1CCC2. The molecule has 0 N–H and O–H groups in total. The molecule has 3 nitrogen and oxygen atoms in total. The van der Waals surface area contributed by atoms with Crippen LogP contribution in [0.2, 0.25) is 0 Å². The number of nitrogens with zero attached hydrogens (tertiary/aromatic N) is 3. The van der Waals surface area contributed by atoms with Crippen LogP contribution in [0.4, 0.5) is 0 Å². The summed E-state index contributed by atoms with van der Waals surface area (Å²) in [5, 5.41) is 3.97. The molecule has 0 bridgehead atoms. The number of unbranched alkanes of at least 4 members (excludes halogenated alkanes) is 1. The van der Waals surface area contributed by atoms with Crippen LogP contribution in [0, 0.1) is 0 Å². The van der Waals surface area contributed by atoms with Gasteiger partial charge in [-0.05, 0) is 54.0 Å². The second kappa shape index (κ2) is 8.68. The standard InChI is InChI=1S/C27H27N3S2/c1-2-3-11-22-20-9-6-10-21(20)23-24-25(32-26(23)30-22)27(29-16-28-24)31-15-17-12-13-18-7-4-5-8-19(18)14-17/h4-5,7-8,12-14,16,23,26H,2-3,6,9-11,15H2,1H3/t23-,26+/m1/s1. The summed E-state index contributed by atoms with van der Waals surface area (Å²) in [7, 11) is 0. The van der Waals surface area contributed by atoms with Crippen LogP contribution in [0.5, 0.6) is 0 Å². The van der Waals surface area contributed by atoms with Crippen LogP contribution in [0.3, 0.4) is 0 Å². The second-order valence-corrected chi connectivity index (χ2v) is 11.0. The average Bonchev–Trinajstić information content (AvgIpc) is 3.45. The quantitative estimate of drug-likeness (QED) is 0.283. The van der Waals surface area contributed by atoms with Crippen molar-refractivity contribution in [1.82, 2.24) is 9.97 Å². The predicted molar refractivity (Wildman–Crippen MR) is 136 cm³/mol. The van der Waals surface area contributed by atoms with Crippen LogP contribution < -0.4 is 0 Å². The van der Waals surface area contributed by atoms with Crippen molar-refractivity contribution in [2.24, 2.45) is 4.99 Å². The maximum Gasteiger partial charge on any atom is 0.117 e. The third kappa shape index (κ3) is 3.60. The van der Waals surface area contributed by atoms with Gasteiger partial charge in [0.25, 0.3) is 0 Å². The summed E-state index contributed by atoms with van der Waals surface area (Å²) < 4.78 is 0. The molecule has 1 aliphatic carbocycles. The molecule has 0 spiro atoms. The molecule has 162 valence electrons. The lowest BCUT2D eigenvalue weighted by Crippen LogP contribution is -2.21. The van der Waals surface area contributed by atoms with Gasteiger partial charge < -0.3 is 0 Å². The molecule has 3 aliphatic rings. The molecule has 32 heavy (non-hydrogen) atoms. The number of hydrogen-bond acceptors (Lipinski definition) is 5. The van der Waals surface area contributed by atoms with Crippen LogP contribution in [0.15, 0.2) is 74.9 Å². The number of aliphatic imine (C=N–C) groups is 1. The minimum Gasteiger partial charge on any atom is -0.274 e. The Morgan fingerprint density at radius 1 is 1.06 bits per heavy atom. The summed E-state index contributed by atoms with van der Waals surface area (Å²) in [4.78, 5) is 16.1. The highest BCUT2D eigenvalue weighted by Gasteiger charge is 2.43. The summed E-state index contributed by atoms with van der Waals surface area (Å²) in [6, 6.07) is 15.3. The molecule has 2 aliphatic heterocycles. The van der Waals surface area contributed by atoms with Gasteiger partial charge in [-0.15, -0.1) is 11.8 Å². The van der Waals surface area contributed by atoms with Crippen molar-refractivity contribution in [3.8, 4) is 0 Å². The fourth-order valence-corrected chi connectivity index (χ4v) is 7.74. The zero-order valence-electron chi connectivity index (χ0n) is 18.4. The van der Waals surface area contributed by atoms with Gasteiger partial charge in [0.1, 0.15) is 16.7 Å². The fourth-order valence-electron chi connectivity index (χ4n) is 5.28. The lowest BCUT2D eigenvalue weighted by molar-refractivity contribution is 0.687. The second-order valence-electron chi connectivity index (χ2n) is 8.89.